The fraction of sp³-hybridized carbons (Fsp3) is 0.941. The molecule has 1 atom stereocenters. The van der Waals surface area contributed by atoms with Gasteiger partial charge in [0.05, 0.1) is 0 Å². The lowest BCUT2D eigenvalue weighted by molar-refractivity contribution is 0.125. The van der Waals surface area contributed by atoms with Crippen LogP contribution in [-0.4, -0.2) is 86.1 Å². The van der Waals surface area contributed by atoms with E-state index < -0.39 is 0 Å². The monoisotopic (exact) mass is 437 g/mol. The van der Waals surface area contributed by atoms with Gasteiger partial charge in [0.1, 0.15) is 0 Å². The lowest BCUT2D eigenvalue weighted by atomic mass is 10.1. The number of likely N-dealkylation sites (N-methyl/N-ethyl adjacent to an activating group) is 1. The van der Waals surface area contributed by atoms with Crippen LogP contribution in [0.4, 0.5) is 0 Å². The van der Waals surface area contributed by atoms with Crippen LogP contribution in [0.2, 0.25) is 0 Å². The summed E-state index contributed by atoms with van der Waals surface area (Å²) in [6, 6.07) is 0. The first-order chi connectivity index (χ1) is 10.7. The van der Waals surface area contributed by atoms with Gasteiger partial charge in [-0.1, -0.05) is 13.8 Å². The van der Waals surface area contributed by atoms with Crippen molar-refractivity contribution in [3.63, 3.8) is 0 Å². The highest BCUT2D eigenvalue weighted by Gasteiger charge is 2.18. The van der Waals surface area contributed by atoms with E-state index in [2.05, 4.69) is 40.8 Å². The first-order valence-electron chi connectivity index (χ1n) is 9.20. The van der Waals surface area contributed by atoms with Crippen LogP contribution in [-0.2, 0) is 0 Å². The van der Waals surface area contributed by atoms with Crippen molar-refractivity contribution in [1.82, 2.24) is 20.0 Å². The molecule has 1 N–H and O–H groups in total. The molecule has 1 unspecified atom stereocenters. The van der Waals surface area contributed by atoms with E-state index in [0.29, 0.717) is 5.92 Å². The van der Waals surface area contributed by atoms with E-state index in [4.69, 9.17) is 4.99 Å². The van der Waals surface area contributed by atoms with Gasteiger partial charge in [-0.2, -0.15) is 0 Å². The summed E-state index contributed by atoms with van der Waals surface area (Å²) in [7, 11) is 0. The van der Waals surface area contributed by atoms with Crippen molar-refractivity contribution in [2.24, 2.45) is 10.9 Å². The van der Waals surface area contributed by atoms with Crippen molar-refractivity contribution in [2.45, 2.75) is 33.6 Å². The Morgan fingerprint density at radius 3 is 2.17 bits per heavy atom. The molecule has 0 amide bonds. The Morgan fingerprint density at radius 2 is 1.61 bits per heavy atom. The van der Waals surface area contributed by atoms with Gasteiger partial charge in [-0.05, 0) is 32.2 Å². The fourth-order valence-corrected chi connectivity index (χ4v) is 3.38. The summed E-state index contributed by atoms with van der Waals surface area (Å²) in [4.78, 5) is 12.4. The van der Waals surface area contributed by atoms with Gasteiger partial charge in [0.15, 0.2) is 5.96 Å². The van der Waals surface area contributed by atoms with Gasteiger partial charge in [-0.3, -0.25) is 4.99 Å². The molecule has 2 aliphatic heterocycles. The quantitative estimate of drug-likeness (QED) is 0.391. The number of rotatable bonds is 6. The van der Waals surface area contributed by atoms with E-state index in [9.17, 15) is 0 Å². The number of hydrogen-bond donors (Lipinski definition) is 1. The van der Waals surface area contributed by atoms with Crippen LogP contribution in [0.25, 0.3) is 0 Å². The van der Waals surface area contributed by atoms with Crippen LogP contribution in [0.3, 0.4) is 0 Å². The van der Waals surface area contributed by atoms with Gasteiger partial charge in [0.25, 0.3) is 0 Å². The average molecular weight is 437 g/mol. The molecule has 23 heavy (non-hydrogen) atoms. The van der Waals surface area contributed by atoms with E-state index in [-0.39, 0.29) is 24.0 Å². The van der Waals surface area contributed by atoms with Crippen LogP contribution in [0.5, 0.6) is 0 Å². The Morgan fingerprint density at radius 1 is 1.00 bits per heavy atom. The average Bonchev–Trinajstić information content (AvgIpc) is 3.06. The molecular weight excluding hydrogens is 401 g/mol. The smallest absolute Gasteiger partial charge is 0.193 e. The van der Waals surface area contributed by atoms with E-state index in [1.165, 1.54) is 65.2 Å². The highest BCUT2D eigenvalue weighted by atomic mass is 127. The molecule has 0 radical (unpaired) electrons. The normalized spacial score (nSPS) is 22.0. The van der Waals surface area contributed by atoms with E-state index in [0.717, 1.165) is 19.0 Å². The molecule has 2 fully saturated rings. The predicted molar refractivity (Wildman–Crippen MR) is 110 cm³/mol. The summed E-state index contributed by atoms with van der Waals surface area (Å²) in [5, 5.41) is 3.45. The number of hydrogen-bond acceptors (Lipinski definition) is 3. The Kier molecular flexibility index (Phi) is 10.5. The molecule has 136 valence electrons. The number of halogens is 1. The Labute approximate surface area is 159 Å². The van der Waals surface area contributed by atoms with Crippen molar-refractivity contribution < 1.29 is 0 Å². The Balaban J connectivity index is 0.00000264. The molecule has 0 aromatic heterocycles. The summed E-state index contributed by atoms with van der Waals surface area (Å²) in [5.41, 5.74) is 0. The third kappa shape index (κ3) is 7.13. The highest BCUT2D eigenvalue weighted by molar-refractivity contribution is 14.0. The lowest BCUT2D eigenvalue weighted by Gasteiger charge is -2.35. The van der Waals surface area contributed by atoms with Crippen LogP contribution >= 0.6 is 24.0 Å². The minimum Gasteiger partial charge on any atom is -0.357 e. The van der Waals surface area contributed by atoms with Crippen molar-refractivity contribution in [2.75, 3.05) is 65.4 Å². The lowest BCUT2D eigenvalue weighted by Crippen LogP contribution is -2.47. The molecule has 2 heterocycles. The van der Waals surface area contributed by atoms with E-state index in [1.54, 1.807) is 0 Å². The Bertz CT molecular complexity index is 336. The molecule has 2 rings (SSSR count). The largest absolute Gasteiger partial charge is 0.357 e. The third-order valence-electron chi connectivity index (χ3n) is 4.78. The molecule has 2 saturated heterocycles. The predicted octanol–water partition coefficient (Wildman–Crippen LogP) is 1.94. The summed E-state index contributed by atoms with van der Waals surface area (Å²) < 4.78 is 0. The summed E-state index contributed by atoms with van der Waals surface area (Å²) >= 11 is 0. The molecule has 6 heteroatoms. The molecule has 0 bridgehead atoms. The van der Waals surface area contributed by atoms with Crippen molar-refractivity contribution >= 4 is 29.9 Å². The molecule has 0 aliphatic carbocycles. The number of guanidine groups is 1. The molecule has 0 aromatic rings. The molecule has 0 saturated carbocycles. The van der Waals surface area contributed by atoms with Gasteiger partial charge >= 0.3 is 0 Å². The van der Waals surface area contributed by atoms with Crippen LogP contribution in [0.1, 0.15) is 33.6 Å². The zero-order chi connectivity index (χ0) is 15.8. The third-order valence-corrected chi connectivity index (χ3v) is 4.78. The second kappa shape index (κ2) is 11.5. The van der Waals surface area contributed by atoms with Gasteiger partial charge in [0, 0.05) is 58.9 Å². The second-order valence-corrected chi connectivity index (χ2v) is 6.73. The number of nitrogens with zero attached hydrogens (tertiary/aromatic N) is 4. The van der Waals surface area contributed by atoms with Crippen LogP contribution in [0, 0.1) is 5.92 Å². The topological polar surface area (TPSA) is 34.1 Å². The number of aliphatic imine (C=N–C) groups is 1. The standard InChI is InChI=1S/C17H35N5.HI/c1-4-18-17(22-8-6-7-9-22)19-14-16(3)15-21-12-10-20(5-2)11-13-21;/h16H,4-15H2,1-3H3,(H,18,19);1H. The minimum absolute atomic E-state index is 0. The highest BCUT2D eigenvalue weighted by Crippen LogP contribution is 2.09. The van der Waals surface area contributed by atoms with Crippen molar-refractivity contribution in [3.05, 3.63) is 0 Å². The molecular formula is C17H36IN5. The van der Waals surface area contributed by atoms with Crippen LogP contribution in [0.15, 0.2) is 4.99 Å². The summed E-state index contributed by atoms with van der Waals surface area (Å²) in [6.45, 7) is 18.2. The van der Waals surface area contributed by atoms with Gasteiger partial charge in [-0.25, -0.2) is 0 Å². The van der Waals surface area contributed by atoms with Gasteiger partial charge in [-0.15, -0.1) is 24.0 Å². The molecule has 0 aromatic carbocycles. The van der Waals surface area contributed by atoms with E-state index in [1.807, 2.05) is 0 Å². The molecule has 5 nitrogen and oxygen atoms in total. The maximum atomic E-state index is 4.89. The van der Waals surface area contributed by atoms with Crippen molar-refractivity contribution in [3.8, 4) is 0 Å². The number of piperazine rings is 1. The number of nitrogens with one attached hydrogen (secondary N) is 1. The first kappa shape index (κ1) is 21.0. The Hall–Kier alpha value is -0.0800. The zero-order valence-corrected chi connectivity index (χ0v) is 17.6. The maximum Gasteiger partial charge on any atom is 0.193 e. The van der Waals surface area contributed by atoms with Crippen LogP contribution < -0.4 is 5.32 Å². The molecule has 0 spiro atoms. The van der Waals surface area contributed by atoms with Crippen molar-refractivity contribution in [1.29, 1.82) is 0 Å². The first-order valence-corrected chi connectivity index (χ1v) is 9.20. The maximum absolute atomic E-state index is 4.89. The summed E-state index contributed by atoms with van der Waals surface area (Å²) in [6.07, 6.45) is 2.61. The van der Waals surface area contributed by atoms with Gasteiger partial charge in [0.2, 0.25) is 0 Å². The van der Waals surface area contributed by atoms with Gasteiger partial charge < -0.3 is 20.0 Å². The number of likely N-dealkylation sites (tertiary alicyclic amines) is 1. The summed E-state index contributed by atoms with van der Waals surface area (Å²) in [5.74, 6) is 1.76. The minimum atomic E-state index is 0. The van der Waals surface area contributed by atoms with E-state index >= 15 is 0 Å². The SMILES string of the molecule is CCNC(=NCC(C)CN1CCN(CC)CC1)N1CCCC1.I. The molecule has 2 aliphatic rings. The second-order valence-electron chi connectivity index (χ2n) is 6.73. The zero-order valence-electron chi connectivity index (χ0n) is 15.3. The fourth-order valence-electron chi connectivity index (χ4n) is 3.38.